The Morgan fingerprint density at radius 1 is 1.28 bits per heavy atom. The standard InChI is InChI=1S/C19H24ClN3O5S/c1-12(2)28-17(24)11-23-15-10-14(20)4-5-16(15)29(26,27)18(21-23)19(25)22-8-6-13(3)7-9-22/h4-5,10,12-13H,6-9,11H2,1-3H3. The molecule has 2 aliphatic rings. The van der Waals surface area contributed by atoms with Gasteiger partial charge < -0.3 is 9.64 Å². The Kier molecular flexibility index (Phi) is 6.19. The lowest BCUT2D eigenvalue weighted by atomic mass is 9.99. The molecule has 0 spiro atoms. The van der Waals surface area contributed by atoms with E-state index < -0.39 is 26.8 Å². The van der Waals surface area contributed by atoms with Gasteiger partial charge in [0, 0.05) is 18.1 Å². The van der Waals surface area contributed by atoms with Crippen LogP contribution in [0.2, 0.25) is 5.02 Å². The van der Waals surface area contributed by atoms with Gasteiger partial charge in [0.25, 0.3) is 5.91 Å². The predicted molar refractivity (Wildman–Crippen MR) is 110 cm³/mol. The molecule has 0 aliphatic carbocycles. The van der Waals surface area contributed by atoms with Gasteiger partial charge in [0.15, 0.2) is 0 Å². The van der Waals surface area contributed by atoms with Gasteiger partial charge in [0.2, 0.25) is 14.9 Å². The topological polar surface area (TPSA) is 96.3 Å². The van der Waals surface area contributed by atoms with Crippen LogP contribution in [0.3, 0.4) is 0 Å². The maximum Gasteiger partial charge on any atom is 0.328 e. The number of rotatable bonds is 4. The summed E-state index contributed by atoms with van der Waals surface area (Å²) in [5.74, 6) is -0.763. The third-order valence-electron chi connectivity index (χ3n) is 4.85. The Balaban J connectivity index is 1.99. The molecule has 1 amide bonds. The van der Waals surface area contributed by atoms with Gasteiger partial charge in [0.1, 0.15) is 6.54 Å². The summed E-state index contributed by atoms with van der Waals surface area (Å²) < 4.78 is 31.4. The quantitative estimate of drug-likeness (QED) is 0.666. The van der Waals surface area contributed by atoms with Gasteiger partial charge >= 0.3 is 5.97 Å². The van der Waals surface area contributed by atoms with E-state index in [2.05, 4.69) is 12.0 Å². The van der Waals surface area contributed by atoms with Crippen LogP contribution in [0.15, 0.2) is 28.2 Å². The number of hydrazone groups is 1. The summed E-state index contributed by atoms with van der Waals surface area (Å²) in [5, 5.41) is 4.95. The minimum absolute atomic E-state index is 0.108. The van der Waals surface area contributed by atoms with E-state index in [1.165, 1.54) is 28.1 Å². The molecule has 1 fully saturated rings. The Bertz CT molecular complexity index is 953. The average Bonchev–Trinajstić information content (AvgIpc) is 2.63. The number of carbonyl (C=O) groups excluding carboxylic acids is 2. The van der Waals surface area contributed by atoms with Crippen molar-refractivity contribution in [2.45, 2.75) is 44.6 Å². The lowest BCUT2D eigenvalue weighted by molar-refractivity contribution is -0.145. The van der Waals surface area contributed by atoms with Gasteiger partial charge in [-0.25, -0.2) is 8.42 Å². The van der Waals surface area contributed by atoms with Crippen molar-refractivity contribution in [2.24, 2.45) is 11.0 Å². The van der Waals surface area contributed by atoms with Crippen LogP contribution in [0.4, 0.5) is 5.69 Å². The fourth-order valence-electron chi connectivity index (χ4n) is 3.29. The average molecular weight is 442 g/mol. The number of benzene rings is 1. The fraction of sp³-hybridized carbons (Fsp3) is 0.526. The molecule has 0 atom stereocenters. The zero-order valence-electron chi connectivity index (χ0n) is 16.6. The summed E-state index contributed by atoms with van der Waals surface area (Å²) in [6.45, 7) is 6.11. The lowest BCUT2D eigenvalue weighted by Crippen LogP contribution is -2.46. The number of nitrogens with zero attached hydrogens (tertiary/aromatic N) is 3. The number of carbonyl (C=O) groups is 2. The van der Waals surface area contributed by atoms with E-state index in [-0.39, 0.29) is 28.3 Å². The van der Waals surface area contributed by atoms with Crippen LogP contribution in [-0.2, 0) is 24.2 Å². The molecule has 0 bridgehead atoms. The first-order valence-corrected chi connectivity index (χ1v) is 11.3. The normalized spacial score (nSPS) is 19.0. The molecule has 10 heteroatoms. The molecule has 1 aromatic rings. The molecule has 1 saturated heterocycles. The van der Waals surface area contributed by atoms with E-state index in [9.17, 15) is 18.0 Å². The number of hydrogen-bond donors (Lipinski definition) is 0. The van der Waals surface area contributed by atoms with Gasteiger partial charge in [-0.15, -0.1) is 0 Å². The van der Waals surface area contributed by atoms with E-state index in [1.807, 2.05) is 0 Å². The van der Waals surface area contributed by atoms with Crippen molar-refractivity contribution in [3.63, 3.8) is 0 Å². The van der Waals surface area contributed by atoms with E-state index in [1.54, 1.807) is 13.8 Å². The third-order valence-corrected chi connectivity index (χ3v) is 6.78. The molecule has 2 aliphatic heterocycles. The van der Waals surface area contributed by atoms with Crippen molar-refractivity contribution < 1.29 is 22.7 Å². The van der Waals surface area contributed by atoms with Crippen LogP contribution < -0.4 is 5.01 Å². The minimum atomic E-state index is -4.15. The second kappa shape index (κ2) is 8.31. The first-order chi connectivity index (χ1) is 13.6. The number of amides is 1. The Morgan fingerprint density at radius 3 is 2.55 bits per heavy atom. The van der Waals surface area contributed by atoms with Crippen LogP contribution in [0.5, 0.6) is 0 Å². The highest BCUT2D eigenvalue weighted by Crippen LogP contribution is 2.34. The molecule has 1 aromatic carbocycles. The number of anilines is 1. The number of fused-ring (bicyclic) bond motifs is 1. The molecule has 158 valence electrons. The largest absolute Gasteiger partial charge is 0.462 e. The summed E-state index contributed by atoms with van der Waals surface area (Å²) in [6, 6.07) is 4.16. The molecule has 8 nitrogen and oxygen atoms in total. The van der Waals surface area contributed by atoms with Crippen LogP contribution >= 0.6 is 11.6 Å². The summed E-state index contributed by atoms with van der Waals surface area (Å²) in [7, 11) is -4.15. The Hall–Kier alpha value is -2.13. The van der Waals surface area contributed by atoms with Crippen LogP contribution in [-0.4, -0.2) is 56.0 Å². The molecule has 0 aromatic heterocycles. The highest BCUT2D eigenvalue weighted by Gasteiger charge is 2.40. The Labute approximate surface area is 175 Å². The SMILES string of the molecule is CC1CCN(C(=O)C2=NN(CC(=O)OC(C)C)c3cc(Cl)ccc3S2(=O)=O)CC1. The third kappa shape index (κ3) is 4.56. The molecule has 0 radical (unpaired) electrons. The van der Waals surface area contributed by atoms with Crippen molar-refractivity contribution >= 4 is 44.0 Å². The molecule has 0 saturated carbocycles. The first kappa shape index (κ1) is 21.6. The number of likely N-dealkylation sites (tertiary alicyclic amines) is 1. The number of esters is 1. The molecule has 0 unspecified atom stereocenters. The van der Waals surface area contributed by atoms with Gasteiger partial charge in [0.05, 0.1) is 16.7 Å². The summed E-state index contributed by atoms with van der Waals surface area (Å²) in [5.41, 5.74) is 0.141. The van der Waals surface area contributed by atoms with Crippen molar-refractivity contribution in [3.05, 3.63) is 23.2 Å². The predicted octanol–water partition coefficient (Wildman–Crippen LogP) is 2.46. The monoisotopic (exact) mass is 441 g/mol. The molecule has 29 heavy (non-hydrogen) atoms. The van der Waals surface area contributed by atoms with Gasteiger partial charge in [-0.05, 0) is 50.8 Å². The Morgan fingerprint density at radius 2 is 1.93 bits per heavy atom. The second-order valence-corrected chi connectivity index (χ2v) is 9.86. The zero-order chi connectivity index (χ0) is 21.3. The molecule has 2 heterocycles. The summed E-state index contributed by atoms with van der Waals surface area (Å²) >= 11 is 6.03. The van der Waals surface area contributed by atoms with Crippen LogP contribution in [0.25, 0.3) is 0 Å². The fourth-order valence-corrected chi connectivity index (χ4v) is 4.92. The number of hydrogen-bond acceptors (Lipinski definition) is 7. The van der Waals surface area contributed by atoms with E-state index in [0.29, 0.717) is 19.0 Å². The minimum Gasteiger partial charge on any atom is -0.462 e. The highest BCUT2D eigenvalue weighted by atomic mass is 35.5. The maximum absolute atomic E-state index is 13.1. The van der Waals surface area contributed by atoms with Crippen molar-refractivity contribution in [2.75, 3.05) is 24.6 Å². The number of ether oxygens (including phenoxy) is 1. The van der Waals surface area contributed by atoms with E-state index in [0.717, 1.165) is 12.8 Å². The van der Waals surface area contributed by atoms with E-state index in [4.69, 9.17) is 16.3 Å². The highest BCUT2D eigenvalue weighted by molar-refractivity contribution is 8.08. The van der Waals surface area contributed by atoms with Crippen molar-refractivity contribution in [1.82, 2.24) is 4.90 Å². The number of sulfone groups is 1. The van der Waals surface area contributed by atoms with E-state index >= 15 is 0 Å². The zero-order valence-corrected chi connectivity index (χ0v) is 18.2. The smallest absolute Gasteiger partial charge is 0.328 e. The van der Waals surface area contributed by atoms with Crippen molar-refractivity contribution in [3.8, 4) is 0 Å². The maximum atomic E-state index is 13.1. The number of halogens is 1. The summed E-state index contributed by atoms with van der Waals surface area (Å²) in [4.78, 5) is 26.6. The first-order valence-electron chi connectivity index (χ1n) is 9.49. The lowest BCUT2D eigenvalue weighted by Gasteiger charge is -2.32. The van der Waals surface area contributed by atoms with Crippen LogP contribution in [0, 0.1) is 5.92 Å². The molecule has 0 N–H and O–H groups in total. The number of piperidine rings is 1. The van der Waals surface area contributed by atoms with Gasteiger partial charge in [-0.2, -0.15) is 5.10 Å². The van der Waals surface area contributed by atoms with Gasteiger partial charge in [-0.3, -0.25) is 14.6 Å². The molecular weight excluding hydrogens is 418 g/mol. The van der Waals surface area contributed by atoms with Gasteiger partial charge in [-0.1, -0.05) is 18.5 Å². The second-order valence-electron chi connectivity index (χ2n) is 7.59. The van der Waals surface area contributed by atoms with Crippen molar-refractivity contribution in [1.29, 1.82) is 0 Å². The van der Waals surface area contributed by atoms with Crippen LogP contribution in [0.1, 0.15) is 33.6 Å². The summed E-state index contributed by atoms with van der Waals surface area (Å²) in [6.07, 6.45) is 1.26. The molecule has 3 rings (SSSR count). The molecular formula is C19H24ClN3O5S.